The Morgan fingerprint density at radius 3 is 2.78 bits per heavy atom. The van der Waals surface area contributed by atoms with Gasteiger partial charge in [0.25, 0.3) is 5.91 Å². The summed E-state index contributed by atoms with van der Waals surface area (Å²) in [7, 11) is 0. The monoisotopic (exact) mass is 369 g/mol. The smallest absolute Gasteiger partial charge is 0.257 e. The highest BCUT2D eigenvalue weighted by Crippen LogP contribution is 2.13. The summed E-state index contributed by atoms with van der Waals surface area (Å²) in [5, 5.41) is 5.79. The molecule has 1 heterocycles. The Morgan fingerprint density at radius 1 is 1.22 bits per heavy atom. The van der Waals surface area contributed by atoms with Crippen molar-refractivity contribution in [2.75, 3.05) is 18.5 Å². The molecule has 1 unspecified atom stereocenters. The third-order valence-corrected chi connectivity index (χ3v) is 4.57. The van der Waals surface area contributed by atoms with Crippen molar-refractivity contribution in [3.63, 3.8) is 0 Å². The molecule has 142 valence electrons. The van der Waals surface area contributed by atoms with Crippen molar-refractivity contribution < 1.29 is 13.9 Å². The Bertz CT molecular complexity index is 845. The normalized spacial score (nSPS) is 17.0. The molecule has 2 aromatic rings. The molecule has 0 bridgehead atoms. The van der Waals surface area contributed by atoms with Crippen molar-refractivity contribution in [1.82, 2.24) is 5.32 Å². The SMILES string of the molecule is Cc1ccc(C(=O)NC(=NCC2CCCO2)Nc2cccc(F)c2)cc1C. The number of ether oxygens (including phenoxy) is 1. The number of carbonyl (C=O) groups excluding carboxylic acids is 1. The summed E-state index contributed by atoms with van der Waals surface area (Å²) >= 11 is 0. The molecule has 0 aliphatic carbocycles. The average molecular weight is 369 g/mol. The van der Waals surface area contributed by atoms with Crippen LogP contribution >= 0.6 is 0 Å². The highest BCUT2D eigenvalue weighted by Gasteiger charge is 2.16. The molecule has 1 amide bonds. The number of aryl methyl sites for hydroxylation is 2. The summed E-state index contributed by atoms with van der Waals surface area (Å²) in [4.78, 5) is 17.1. The van der Waals surface area contributed by atoms with Gasteiger partial charge in [0, 0.05) is 17.9 Å². The number of hydrogen-bond donors (Lipinski definition) is 2. The summed E-state index contributed by atoms with van der Waals surface area (Å²) in [6, 6.07) is 11.6. The van der Waals surface area contributed by atoms with Crippen molar-refractivity contribution in [3.8, 4) is 0 Å². The fourth-order valence-electron chi connectivity index (χ4n) is 2.86. The van der Waals surface area contributed by atoms with Gasteiger partial charge >= 0.3 is 0 Å². The summed E-state index contributed by atoms with van der Waals surface area (Å²) in [6.07, 6.45) is 2.01. The molecule has 6 heteroatoms. The first-order chi connectivity index (χ1) is 13.0. The van der Waals surface area contributed by atoms with Crippen LogP contribution in [-0.4, -0.2) is 31.1 Å². The molecule has 1 atom stereocenters. The quantitative estimate of drug-likeness (QED) is 0.636. The number of carbonyl (C=O) groups is 1. The number of halogens is 1. The predicted molar refractivity (Wildman–Crippen MR) is 105 cm³/mol. The number of amides is 1. The third-order valence-electron chi connectivity index (χ3n) is 4.57. The molecule has 5 nitrogen and oxygen atoms in total. The van der Waals surface area contributed by atoms with E-state index in [0.29, 0.717) is 17.8 Å². The Hall–Kier alpha value is -2.73. The molecule has 1 aliphatic heterocycles. The van der Waals surface area contributed by atoms with E-state index in [1.807, 2.05) is 26.0 Å². The van der Waals surface area contributed by atoms with E-state index in [0.717, 1.165) is 30.6 Å². The molecule has 27 heavy (non-hydrogen) atoms. The number of nitrogens with zero attached hydrogens (tertiary/aromatic N) is 1. The Morgan fingerprint density at radius 2 is 2.07 bits per heavy atom. The molecule has 0 radical (unpaired) electrons. The van der Waals surface area contributed by atoms with Gasteiger partial charge in [0.1, 0.15) is 5.82 Å². The molecule has 0 aromatic heterocycles. The van der Waals surface area contributed by atoms with E-state index in [-0.39, 0.29) is 23.8 Å². The first-order valence-corrected chi connectivity index (χ1v) is 9.08. The topological polar surface area (TPSA) is 62.7 Å². The van der Waals surface area contributed by atoms with Crippen molar-refractivity contribution in [2.24, 2.45) is 4.99 Å². The molecule has 1 saturated heterocycles. The fourth-order valence-corrected chi connectivity index (χ4v) is 2.86. The van der Waals surface area contributed by atoms with E-state index in [9.17, 15) is 9.18 Å². The maximum atomic E-state index is 13.5. The van der Waals surface area contributed by atoms with Gasteiger partial charge in [-0.15, -0.1) is 0 Å². The number of benzene rings is 2. The molecule has 2 N–H and O–H groups in total. The van der Waals surface area contributed by atoms with E-state index >= 15 is 0 Å². The maximum Gasteiger partial charge on any atom is 0.257 e. The Labute approximate surface area is 158 Å². The van der Waals surface area contributed by atoms with Crippen LogP contribution < -0.4 is 10.6 Å². The standard InChI is InChI=1S/C21H24FN3O2/c1-14-8-9-16(11-15(14)2)20(26)25-21(23-13-19-7-4-10-27-19)24-18-6-3-5-17(22)12-18/h3,5-6,8-9,11-12,19H,4,7,10,13H2,1-2H3,(H2,23,24,25,26). The van der Waals surface area contributed by atoms with Crippen LogP contribution in [0.3, 0.4) is 0 Å². The van der Waals surface area contributed by atoms with E-state index in [2.05, 4.69) is 15.6 Å². The zero-order valence-corrected chi connectivity index (χ0v) is 15.6. The second-order valence-corrected chi connectivity index (χ2v) is 6.71. The van der Waals surface area contributed by atoms with Gasteiger partial charge in [0.2, 0.25) is 5.96 Å². The van der Waals surface area contributed by atoms with E-state index < -0.39 is 0 Å². The minimum Gasteiger partial charge on any atom is -0.376 e. The van der Waals surface area contributed by atoms with Crippen molar-refractivity contribution in [1.29, 1.82) is 0 Å². The largest absolute Gasteiger partial charge is 0.376 e. The second kappa shape index (κ2) is 8.77. The van der Waals surface area contributed by atoms with E-state index in [1.165, 1.54) is 12.1 Å². The van der Waals surface area contributed by atoms with Gasteiger partial charge in [0.15, 0.2) is 0 Å². The Balaban J connectivity index is 1.76. The lowest BCUT2D eigenvalue weighted by molar-refractivity contribution is 0.0975. The van der Waals surface area contributed by atoms with Gasteiger partial charge in [-0.05, 0) is 68.1 Å². The molecule has 0 spiro atoms. The van der Waals surface area contributed by atoms with Crippen molar-refractivity contribution >= 4 is 17.6 Å². The molecule has 2 aromatic carbocycles. The van der Waals surface area contributed by atoms with Crippen LogP contribution in [0.4, 0.5) is 10.1 Å². The number of nitrogens with one attached hydrogen (secondary N) is 2. The fraction of sp³-hybridized carbons (Fsp3) is 0.333. The molecule has 0 saturated carbocycles. The molecule has 1 aliphatic rings. The van der Waals surface area contributed by atoms with Crippen molar-refractivity contribution in [3.05, 3.63) is 65.0 Å². The maximum absolute atomic E-state index is 13.5. The highest BCUT2D eigenvalue weighted by molar-refractivity contribution is 6.10. The van der Waals surface area contributed by atoms with Gasteiger partial charge in [-0.2, -0.15) is 0 Å². The molecule has 1 fully saturated rings. The summed E-state index contributed by atoms with van der Waals surface area (Å²) in [6.45, 7) is 5.13. The third kappa shape index (κ3) is 5.37. The zero-order valence-electron chi connectivity index (χ0n) is 15.6. The predicted octanol–water partition coefficient (Wildman–Crippen LogP) is 3.82. The average Bonchev–Trinajstić information content (AvgIpc) is 3.15. The Kier molecular flexibility index (Phi) is 6.19. The summed E-state index contributed by atoms with van der Waals surface area (Å²) < 4.78 is 19.1. The number of aliphatic imine (C=N–C) groups is 1. The van der Waals surface area contributed by atoms with Crippen LogP contribution in [0.5, 0.6) is 0 Å². The zero-order chi connectivity index (χ0) is 19.2. The lowest BCUT2D eigenvalue weighted by Crippen LogP contribution is -2.36. The number of anilines is 1. The van der Waals surface area contributed by atoms with Gasteiger partial charge in [-0.3, -0.25) is 10.1 Å². The van der Waals surface area contributed by atoms with Gasteiger partial charge in [-0.1, -0.05) is 12.1 Å². The van der Waals surface area contributed by atoms with Gasteiger partial charge in [0.05, 0.1) is 12.6 Å². The molecule has 3 rings (SSSR count). The number of hydrogen-bond acceptors (Lipinski definition) is 3. The second-order valence-electron chi connectivity index (χ2n) is 6.71. The minimum atomic E-state index is -0.362. The summed E-state index contributed by atoms with van der Waals surface area (Å²) in [5.74, 6) is -0.355. The van der Waals surface area contributed by atoms with Crippen LogP contribution in [0.2, 0.25) is 0 Å². The first kappa shape index (κ1) is 19.0. The molecular formula is C21H24FN3O2. The van der Waals surface area contributed by atoms with Crippen LogP contribution in [0.25, 0.3) is 0 Å². The lowest BCUT2D eigenvalue weighted by Gasteiger charge is -2.14. The summed E-state index contributed by atoms with van der Waals surface area (Å²) in [5.41, 5.74) is 3.22. The van der Waals surface area contributed by atoms with E-state index in [1.54, 1.807) is 18.2 Å². The van der Waals surface area contributed by atoms with Crippen molar-refractivity contribution in [2.45, 2.75) is 32.8 Å². The van der Waals surface area contributed by atoms with Crippen LogP contribution in [0.1, 0.15) is 34.3 Å². The van der Waals surface area contributed by atoms with Crippen LogP contribution in [0, 0.1) is 19.7 Å². The van der Waals surface area contributed by atoms with Gasteiger partial charge in [-0.25, -0.2) is 9.38 Å². The van der Waals surface area contributed by atoms with Gasteiger partial charge < -0.3 is 10.1 Å². The van der Waals surface area contributed by atoms with Crippen LogP contribution in [0.15, 0.2) is 47.5 Å². The van der Waals surface area contributed by atoms with Crippen LogP contribution in [-0.2, 0) is 4.74 Å². The van der Waals surface area contributed by atoms with E-state index in [4.69, 9.17) is 4.74 Å². The number of guanidine groups is 1. The lowest BCUT2D eigenvalue weighted by atomic mass is 10.1. The minimum absolute atomic E-state index is 0.0489. The first-order valence-electron chi connectivity index (χ1n) is 9.08. The molecular weight excluding hydrogens is 345 g/mol. The highest BCUT2D eigenvalue weighted by atomic mass is 19.1. The number of rotatable bonds is 4.